The molecule has 4 N–H and O–H groups in total. The predicted molar refractivity (Wildman–Crippen MR) is 68.4 cm³/mol. The maximum Gasteiger partial charge on any atom is 0.351 e. The van der Waals surface area contributed by atoms with Crippen molar-refractivity contribution < 1.29 is 14.9 Å². The second-order valence-electron chi connectivity index (χ2n) is 4.45. The van der Waals surface area contributed by atoms with Crippen LogP contribution in [0.15, 0.2) is 23.6 Å². The number of nitrogen functional groups attached to an aromatic ring is 1. The third kappa shape index (κ3) is 2.67. The Bertz CT molecular complexity index is 528. The molecule has 2 heterocycles. The second-order valence-corrected chi connectivity index (χ2v) is 4.45. The van der Waals surface area contributed by atoms with E-state index in [0.29, 0.717) is 12.0 Å². The minimum absolute atomic E-state index is 0.165. The van der Waals surface area contributed by atoms with E-state index >= 15 is 0 Å². The lowest BCUT2D eigenvalue weighted by Crippen LogP contribution is -2.29. The minimum atomic E-state index is -0.803. The molecule has 0 radical (unpaired) electrons. The average Bonchev–Trinajstić information content (AvgIpc) is 2.74. The summed E-state index contributed by atoms with van der Waals surface area (Å²) in [5.41, 5.74) is 5.78. The Morgan fingerprint density at radius 2 is 2.42 bits per heavy atom. The van der Waals surface area contributed by atoms with E-state index < -0.39 is 24.1 Å². The summed E-state index contributed by atoms with van der Waals surface area (Å²) in [4.78, 5) is 15.5. The smallest absolute Gasteiger partial charge is 0.351 e. The Kier molecular flexibility index (Phi) is 3.98. The molecule has 19 heavy (non-hydrogen) atoms. The van der Waals surface area contributed by atoms with Crippen LogP contribution in [0.4, 0.5) is 5.82 Å². The molecule has 2 rings (SSSR count). The SMILES string of the molecule is C=CCc1cn([C@H]2C[C@H](O)[C@@H](CO)O2)c(=O)nc1N. The third-order valence-corrected chi connectivity index (χ3v) is 3.12. The number of ether oxygens (including phenoxy) is 1. The monoisotopic (exact) mass is 267 g/mol. The molecule has 3 atom stereocenters. The van der Waals surface area contributed by atoms with Gasteiger partial charge in [0, 0.05) is 18.2 Å². The van der Waals surface area contributed by atoms with Crippen molar-refractivity contribution in [2.24, 2.45) is 0 Å². The lowest BCUT2D eigenvalue weighted by atomic mass is 10.2. The number of rotatable bonds is 4. The molecule has 1 aliphatic heterocycles. The van der Waals surface area contributed by atoms with Crippen molar-refractivity contribution in [3.63, 3.8) is 0 Å². The summed E-state index contributed by atoms with van der Waals surface area (Å²) < 4.78 is 6.70. The van der Waals surface area contributed by atoms with Gasteiger partial charge < -0.3 is 20.7 Å². The predicted octanol–water partition coefficient (Wildman–Crippen LogP) is -0.805. The van der Waals surface area contributed by atoms with Crippen molar-refractivity contribution in [2.45, 2.75) is 31.3 Å². The molecule has 0 bridgehead atoms. The van der Waals surface area contributed by atoms with Gasteiger partial charge in [-0.1, -0.05) is 6.08 Å². The van der Waals surface area contributed by atoms with Crippen molar-refractivity contribution >= 4 is 5.82 Å². The molecule has 1 aromatic heterocycles. The standard InChI is InChI=1S/C12H17N3O4/c1-2-3-7-5-15(12(18)14-11(7)13)10-4-8(17)9(6-16)19-10/h2,5,8-10,16-17H,1,3-4,6H2,(H2,13,14,18)/t8-,9+,10+/m0/s1. The number of aliphatic hydroxyl groups excluding tert-OH is 2. The van der Waals surface area contributed by atoms with E-state index in [1.54, 1.807) is 12.3 Å². The molecule has 0 aliphatic carbocycles. The summed E-state index contributed by atoms with van der Waals surface area (Å²) in [7, 11) is 0. The summed E-state index contributed by atoms with van der Waals surface area (Å²) in [5.74, 6) is 0.165. The lowest BCUT2D eigenvalue weighted by molar-refractivity contribution is -0.0459. The van der Waals surface area contributed by atoms with E-state index in [-0.39, 0.29) is 18.8 Å². The zero-order valence-electron chi connectivity index (χ0n) is 10.4. The topological polar surface area (TPSA) is 111 Å². The number of hydrogen-bond acceptors (Lipinski definition) is 6. The zero-order valence-corrected chi connectivity index (χ0v) is 10.4. The fraction of sp³-hybridized carbons (Fsp3) is 0.500. The van der Waals surface area contributed by atoms with Crippen molar-refractivity contribution in [1.82, 2.24) is 9.55 Å². The van der Waals surface area contributed by atoms with Gasteiger partial charge in [0.15, 0.2) is 0 Å². The Morgan fingerprint density at radius 3 is 3.00 bits per heavy atom. The van der Waals surface area contributed by atoms with Crippen molar-refractivity contribution in [3.8, 4) is 0 Å². The summed E-state index contributed by atoms with van der Waals surface area (Å²) in [6.07, 6.45) is 1.80. The van der Waals surface area contributed by atoms with E-state index in [1.807, 2.05) is 0 Å². The molecule has 0 aromatic carbocycles. The van der Waals surface area contributed by atoms with E-state index in [9.17, 15) is 9.90 Å². The van der Waals surface area contributed by atoms with Gasteiger partial charge in [-0.25, -0.2) is 4.79 Å². The first kappa shape index (κ1) is 13.7. The number of nitrogens with two attached hydrogens (primary N) is 1. The van der Waals surface area contributed by atoms with Crippen LogP contribution in [0, 0.1) is 0 Å². The minimum Gasteiger partial charge on any atom is -0.394 e. The molecule has 1 aliphatic rings. The summed E-state index contributed by atoms with van der Waals surface area (Å²) >= 11 is 0. The van der Waals surface area contributed by atoms with Gasteiger partial charge in [-0.05, 0) is 6.42 Å². The molecule has 0 saturated carbocycles. The first-order valence-corrected chi connectivity index (χ1v) is 5.99. The van der Waals surface area contributed by atoms with Gasteiger partial charge in [-0.15, -0.1) is 6.58 Å². The van der Waals surface area contributed by atoms with Crippen LogP contribution >= 0.6 is 0 Å². The molecule has 7 nitrogen and oxygen atoms in total. The molecule has 0 unspecified atom stereocenters. The van der Waals surface area contributed by atoms with Gasteiger partial charge in [0.1, 0.15) is 18.1 Å². The van der Waals surface area contributed by atoms with Crippen LogP contribution < -0.4 is 11.4 Å². The fourth-order valence-electron chi connectivity index (χ4n) is 2.09. The Morgan fingerprint density at radius 1 is 1.68 bits per heavy atom. The first-order valence-electron chi connectivity index (χ1n) is 5.99. The van der Waals surface area contributed by atoms with E-state index in [2.05, 4.69) is 11.6 Å². The second kappa shape index (κ2) is 5.52. The quantitative estimate of drug-likeness (QED) is 0.616. The van der Waals surface area contributed by atoms with E-state index in [1.165, 1.54) is 4.57 Å². The summed E-state index contributed by atoms with van der Waals surface area (Å²) in [5, 5.41) is 18.7. The van der Waals surface area contributed by atoms with Gasteiger partial charge in [-0.2, -0.15) is 4.98 Å². The highest BCUT2D eigenvalue weighted by atomic mass is 16.5. The highest BCUT2D eigenvalue weighted by Gasteiger charge is 2.35. The van der Waals surface area contributed by atoms with Crippen LogP contribution in [0.1, 0.15) is 18.2 Å². The van der Waals surface area contributed by atoms with Gasteiger partial charge in [0.2, 0.25) is 0 Å². The Balaban J connectivity index is 2.32. The number of nitrogens with zero attached hydrogens (tertiary/aromatic N) is 2. The number of anilines is 1. The van der Waals surface area contributed by atoms with Gasteiger partial charge >= 0.3 is 5.69 Å². The van der Waals surface area contributed by atoms with Gasteiger partial charge in [0.25, 0.3) is 0 Å². The molecule has 1 saturated heterocycles. The van der Waals surface area contributed by atoms with Crippen molar-refractivity contribution in [1.29, 1.82) is 0 Å². The normalized spacial score (nSPS) is 26.5. The molecule has 1 fully saturated rings. The van der Waals surface area contributed by atoms with Crippen molar-refractivity contribution in [3.05, 3.63) is 34.9 Å². The summed E-state index contributed by atoms with van der Waals surface area (Å²) in [6, 6.07) is 0. The zero-order chi connectivity index (χ0) is 14.0. The van der Waals surface area contributed by atoms with E-state index in [0.717, 1.165) is 0 Å². The summed E-state index contributed by atoms with van der Waals surface area (Å²) in [6.45, 7) is 3.31. The maximum atomic E-state index is 11.8. The molecule has 1 aromatic rings. The van der Waals surface area contributed by atoms with Gasteiger partial charge in [0.05, 0.1) is 12.7 Å². The first-order chi connectivity index (χ1) is 9.06. The number of aliphatic hydroxyl groups is 2. The molecule has 104 valence electrons. The molecular weight excluding hydrogens is 250 g/mol. The Labute approximate surface area is 110 Å². The van der Waals surface area contributed by atoms with Gasteiger partial charge in [-0.3, -0.25) is 4.57 Å². The highest BCUT2D eigenvalue weighted by Crippen LogP contribution is 2.27. The fourth-order valence-corrected chi connectivity index (χ4v) is 2.09. The van der Waals surface area contributed by atoms with Crippen LogP contribution in [-0.2, 0) is 11.2 Å². The molecule has 0 amide bonds. The average molecular weight is 267 g/mol. The number of allylic oxidation sites excluding steroid dienone is 1. The Hall–Kier alpha value is -1.70. The van der Waals surface area contributed by atoms with E-state index in [4.69, 9.17) is 15.6 Å². The number of aromatic nitrogens is 2. The highest BCUT2D eigenvalue weighted by molar-refractivity contribution is 5.38. The van der Waals surface area contributed by atoms with Crippen LogP contribution in [-0.4, -0.2) is 38.6 Å². The largest absolute Gasteiger partial charge is 0.394 e. The number of hydrogen-bond donors (Lipinski definition) is 3. The molecule has 0 spiro atoms. The van der Waals surface area contributed by atoms with Crippen LogP contribution in [0.25, 0.3) is 0 Å². The van der Waals surface area contributed by atoms with Crippen molar-refractivity contribution in [2.75, 3.05) is 12.3 Å². The maximum absolute atomic E-state index is 11.8. The molecule has 7 heteroatoms. The van der Waals surface area contributed by atoms with Crippen LogP contribution in [0.2, 0.25) is 0 Å². The lowest BCUT2D eigenvalue weighted by Gasteiger charge is -2.15. The third-order valence-electron chi connectivity index (χ3n) is 3.12. The van der Waals surface area contributed by atoms with Crippen LogP contribution in [0.3, 0.4) is 0 Å². The molecular formula is C12H17N3O4. The van der Waals surface area contributed by atoms with Crippen LogP contribution in [0.5, 0.6) is 0 Å².